The smallest absolute Gasteiger partial charge is 0.296 e. The van der Waals surface area contributed by atoms with Gasteiger partial charge in [0, 0.05) is 28.7 Å². The Morgan fingerprint density at radius 1 is 1.05 bits per heavy atom. The summed E-state index contributed by atoms with van der Waals surface area (Å²) in [6.07, 6.45) is 10.3. The minimum absolute atomic E-state index is 0.336. The van der Waals surface area contributed by atoms with Gasteiger partial charge in [0.1, 0.15) is 12.4 Å². The van der Waals surface area contributed by atoms with Gasteiger partial charge in [-0.25, -0.2) is 0 Å². The fraction of sp³-hybridized carbons (Fsp3) is 0.321. The zero-order valence-corrected chi connectivity index (χ0v) is 23.2. The van der Waals surface area contributed by atoms with Crippen LogP contribution >= 0.6 is 11.3 Å². The van der Waals surface area contributed by atoms with E-state index in [-0.39, 0.29) is 5.91 Å². The summed E-state index contributed by atoms with van der Waals surface area (Å²) in [5.74, 6) is 0.218. The molecule has 0 aliphatic rings. The van der Waals surface area contributed by atoms with Gasteiger partial charge in [-0.2, -0.15) is 0 Å². The lowest BCUT2D eigenvalue weighted by Crippen LogP contribution is -2.14. The SMILES string of the molecule is C/C=C(C)\C=C/C(COc1nnc(NC(=O)c2cnc(C)cc2-c2cc(C)ncc2OC)s1)=C(C)CC. The molecule has 0 saturated carbocycles. The second kappa shape index (κ2) is 12.9. The van der Waals surface area contributed by atoms with Crippen LogP contribution in [0.25, 0.3) is 11.1 Å². The van der Waals surface area contributed by atoms with Crippen LogP contribution in [-0.4, -0.2) is 39.8 Å². The molecule has 0 atom stereocenters. The van der Waals surface area contributed by atoms with E-state index in [1.807, 2.05) is 32.9 Å². The Balaban J connectivity index is 1.79. The molecule has 0 aliphatic carbocycles. The summed E-state index contributed by atoms with van der Waals surface area (Å²) in [7, 11) is 1.58. The lowest BCUT2D eigenvalue weighted by Gasteiger charge is -2.13. The Bertz CT molecular complexity index is 1360. The number of ether oxygens (including phenoxy) is 2. The first-order chi connectivity index (χ1) is 17.7. The van der Waals surface area contributed by atoms with Gasteiger partial charge in [-0.1, -0.05) is 41.4 Å². The highest BCUT2D eigenvalue weighted by Crippen LogP contribution is 2.33. The molecular formula is C28H33N5O3S. The molecule has 0 bridgehead atoms. The van der Waals surface area contributed by atoms with E-state index in [0.717, 1.165) is 28.9 Å². The highest BCUT2D eigenvalue weighted by Gasteiger charge is 2.19. The molecule has 9 heteroatoms. The third kappa shape index (κ3) is 7.33. The number of amides is 1. The number of nitrogens with one attached hydrogen (secondary N) is 1. The van der Waals surface area contributed by atoms with Gasteiger partial charge in [0.05, 0.1) is 18.9 Å². The molecule has 3 aromatic heterocycles. The lowest BCUT2D eigenvalue weighted by atomic mass is 9.99. The van der Waals surface area contributed by atoms with Crippen molar-refractivity contribution in [2.75, 3.05) is 19.0 Å². The van der Waals surface area contributed by atoms with E-state index in [9.17, 15) is 4.79 Å². The van der Waals surface area contributed by atoms with E-state index in [0.29, 0.717) is 33.8 Å². The van der Waals surface area contributed by atoms with Crippen LogP contribution < -0.4 is 14.8 Å². The van der Waals surface area contributed by atoms with Gasteiger partial charge in [0.15, 0.2) is 0 Å². The van der Waals surface area contributed by atoms with Crippen molar-refractivity contribution >= 4 is 22.4 Å². The number of anilines is 1. The zero-order chi connectivity index (χ0) is 26.9. The van der Waals surface area contributed by atoms with Crippen LogP contribution in [0.3, 0.4) is 0 Å². The number of hydrogen-bond acceptors (Lipinski definition) is 8. The molecule has 3 rings (SSSR count). The van der Waals surface area contributed by atoms with E-state index in [1.165, 1.54) is 22.5 Å². The lowest BCUT2D eigenvalue weighted by molar-refractivity contribution is 0.102. The number of rotatable bonds is 10. The molecule has 8 nitrogen and oxygen atoms in total. The molecule has 0 unspecified atom stereocenters. The van der Waals surface area contributed by atoms with Crippen molar-refractivity contribution < 1.29 is 14.3 Å². The van der Waals surface area contributed by atoms with E-state index < -0.39 is 0 Å². The molecule has 194 valence electrons. The van der Waals surface area contributed by atoms with Crippen molar-refractivity contribution in [3.8, 4) is 22.1 Å². The van der Waals surface area contributed by atoms with Crippen LogP contribution in [0.1, 0.15) is 55.9 Å². The Morgan fingerprint density at radius 3 is 2.43 bits per heavy atom. The van der Waals surface area contributed by atoms with Crippen LogP contribution in [0.4, 0.5) is 5.13 Å². The van der Waals surface area contributed by atoms with E-state index >= 15 is 0 Å². The number of carbonyl (C=O) groups excluding carboxylic acids is 1. The van der Waals surface area contributed by atoms with Gasteiger partial charge >= 0.3 is 0 Å². The number of pyridine rings is 2. The largest absolute Gasteiger partial charge is 0.494 e. The second-order valence-electron chi connectivity index (χ2n) is 8.54. The van der Waals surface area contributed by atoms with Crippen LogP contribution in [-0.2, 0) is 0 Å². The standard InChI is InChI=1S/C28H33N5O3S/c1-8-17(3)10-11-21(18(4)9-2)16-36-28-33-32-27(37-28)31-26(34)24-14-29-19(5)12-22(24)23-13-20(6)30-15-25(23)35-7/h8,10-15H,9,16H2,1-7H3,(H,31,32,34)/b11-10-,17-8-,21-18?. The van der Waals surface area contributed by atoms with E-state index in [1.54, 1.807) is 19.5 Å². The predicted molar refractivity (Wildman–Crippen MR) is 148 cm³/mol. The minimum Gasteiger partial charge on any atom is -0.494 e. The van der Waals surface area contributed by atoms with Gasteiger partial charge in [-0.15, -0.1) is 5.10 Å². The monoisotopic (exact) mass is 519 g/mol. The van der Waals surface area contributed by atoms with Crippen molar-refractivity contribution in [2.45, 2.75) is 48.0 Å². The molecule has 3 heterocycles. The van der Waals surface area contributed by atoms with Crippen LogP contribution in [0, 0.1) is 13.8 Å². The van der Waals surface area contributed by atoms with Crippen LogP contribution in [0.5, 0.6) is 10.9 Å². The number of aromatic nitrogens is 4. The molecule has 3 aromatic rings. The number of aryl methyl sites for hydroxylation is 2. The molecular weight excluding hydrogens is 486 g/mol. The summed E-state index contributed by atoms with van der Waals surface area (Å²) in [6.45, 7) is 12.4. The molecule has 1 amide bonds. The average molecular weight is 520 g/mol. The predicted octanol–water partition coefficient (Wildman–Crippen LogP) is 6.50. The van der Waals surface area contributed by atoms with Crippen molar-refractivity contribution in [3.63, 3.8) is 0 Å². The maximum Gasteiger partial charge on any atom is 0.296 e. The Labute approximate surface area is 222 Å². The third-order valence-corrected chi connectivity index (χ3v) is 6.61. The van der Waals surface area contributed by atoms with Crippen molar-refractivity contribution in [3.05, 3.63) is 76.4 Å². The first kappa shape index (κ1) is 27.7. The summed E-state index contributed by atoms with van der Waals surface area (Å²) in [5.41, 5.74) is 6.93. The summed E-state index contributed by atoms with van der Waals surface area (Å²) in [6, 6.07) is 3.74. The van der Waals surface area contributed by atoms with Crippen molar-refractivity contribution in [1.82, 2.24) is 20.2 Å². The number of nitrogens with zero attached hydrogens (tertiary/aromatic N) is 4. The molecule has 1 N–H and O–H groups in total. The number of hydrogen-bond donors (Lipinski definition) is 1. The first-order valence-corrected chi connectivity index (χ1v) is 12.8. The highest BCUT2D eigenvalue weighted by atomic mass is 32.1. The summed E-state index contributed by atoms with van der Waals surface area (Å²) < 4.78 is 11.4. The van der Waals surface area contributed by atoms with Gasteiger partial charge in [0.25, 0.3) is 11.1 Å². The third-order valence-electron chi connectivity index (χ3n) is 5.86. The number of methoxy groups -OCH3 is 1. The van der Waals surface area contributed by atoms with Gasteiger partial charge in [0.2, 0.25) is 5.13 Å². The second-order valence-corrected chi connectivity index (χ2v) is 9.48. The normalized spacial score (nSPS) is 12.5. The van der Waals surface area contributed by atoms with Gasteiger partial charge in [-0.3, -0.25) is 20.1 Å². The topological polar surface area (TPSA) is 99.1 Å². The quantitative estimate of drug-likeness (QED) is 0.305. The fourth-order valence-electron chi connectivity index (χ4n) is 3.38. The molecule has 0 spiro atoms. The Morgan fingerprint density at radius 2 is 1.76 bits per heavy atom. The van der Waals surface area contributed by atoms with Gasteiger partial charge < -0.3 is 9.47 Å². The fourth-order valence-corrected chi connectivity index (χ4v) is 3.97. The van der Waals surface area contributed by atoms with Crippen molar-refractivity contribution in [1.29, 1.82) is 0 Å². The molecule has 0 aliphatic heterocycles. The van der Waals surface area contributed by atoms with Gasteiger partial charge in [-0.05, 0) is 70.1 Å². The summed E-state index contributed by atoms with van der Waals surface area (Å²) >= 11 is 1.17. The average Bonchev–Trinajstić information content (AvgIpc) is 3.34. The molecule has 0 fully saturated rings. The van der Waals surface area contributed by atoms with Crippen molar-refractivity contribution in [2.24, 2.45) is 0 Å². The first-order valence-electron chi connectivity index (χ1n) is 12.0. The molecule has 0 aromatic carbocycles. The maximum atomic E-state index is 13.3. The maximum absolute atomic E-state index is 13.3. The highest BCUT2D eigenvalue weighted by molar-refractivity contribution is 7.17. The van der Waals surface area contributed by atoms with Crippen LogP contribution in [0.2, 0.25) is 0 Å². The Hall–Kier alpha value is -3.85. The number of carbonyl (C=O) groups is 1. The molecule has 37 heavy (non-hydrogen) atoms. The summed E-state index contributed by atoms with van der Waals surface area (Å²) in [5, 5.41) is 11.7. The molecule has 0 saturated heterocycles. The Kier molecular flexibility index (Phi) is 9.68. The zero-order valence-electron chi connectivity index (χ0n) is 22.4. The molecule has 0 radical (unpaired) electrons. The minimum atomic E-state index is -0.353. The number of allylic oxidation sites excluding steroid dienone is 4. The van der Waals surface area contributed by atoms with E-state index in [2.05, 4.69) is 64.5 Å². The van der Waals surface area contributed by atoms with Crippen LogP contribution in [0.15, 0.2) is 59.5 Å². The summed E-state index contributed by atoms with van der Waals surface area (Å²) in [4.78, 5) is 21.9. The van der Waals surface area contributed by atoms with E-state index in [4.69, 9.17) is 9.47 Å².